The zero-order valence-electron chi connectivity index (χ0n) is 15.3. The minimum Gasteiger partial charge on any atom is -0.393 e. The number of rotatable bonds is 4. The van der Waals surface area contributed by atoms with Gasteiger partial charge in [-0.2, -0.15) is 13.2 Å². The molecule has 2 N–H and O–H groups in total. The van der Waals surface area contributed by atoms with E-state index in [0.29, 0.717) is 18.8 Å². The van der Waals surface area contributed by atoms with Gasteiger partial charge in [0.05, 0.1) is 17.1 Å². The molecule has 148 valence electrons. The van der Waals surface area contributed by atoms with Gasteiger partial charge < -0.3 is 15.0 Å². The van der Waals surface area contributed by atoms with Gasteiger partial charge in [0.15, 0.2) is 0 Å². The quantitative estimate of drug-likeness (QED) is 0.693. The first-order valence-corrected chi connectivity index (χ1v) is 9.22. The summed E-state index contributed by atoms with van der Waals surface area (Å²) in [5.41, 5.74) is 0.855. The summed E-state index contributed by atoms with van der Waals surface area (Å²) in [5.74, 6) is 0.886. The van der Waals surface area contributed by atoms with Crippen molar-refractivity contribution < 1.29 is 18.3 Å². The molecular weight excluding hydrogens is 369 g/mol. The number of nitrogens with zero attached hydrogens (tertiary/aromatic N) is 3. The van der Waals surface area contributed by atoms with E-state index in [1.54, 1.807) is 0 Å². The third-order valence-corrected chi connectivity index (χ3v) is 5.46. The Hall–Kier alpha value is -2.61. The number of aromatic nitrogens is 3. The Bertz CT molecular complexity index is 958. The van der Waals surface area contributed by atoms with Crippen molar-refractivity contribution in [2.45, 2.75) is 44.6 Å². The molecule has 2 heterocycles. The van der Waals surface area contributed by atoms with Crippen LogP contribution < -0.4 is 5.32 Å². The number of alkyl halides is 3. The fourth-order valence-electron chi connectivity index (χ4n) is 3.82. The third-order valence-electron chi connectivity index (χ3n) is 5.46. The number of hydrogen-bond acceptors (Lipinski definition) is 4. The molecule has 0 unspecified atom stereocenters. The second kappa shape index (κ2) is 7.09. The monoisotopic (exact) mass is 390 g/mol. The van der Waals surface area contributed by atoms with Crippen LogP contribution in [0.15, 0.2) is 42.9 Å². The van der Waals surface area contributed by atoms with E-state index in [9.17, 15) is 18.3 Å². The molecule has 0 amide bonds. The molecule has 5 nitrogen and oxygen atoms in total. The van der Waals surface area contributed by atoms with Crippen LogP contribution in [0.25, 0.3) is 11.0 Å². The van der Waals surface area contributed by atoms with E-state index in [0.717, 1.165) is 35.2 Å². The van der Waals surface area contributed by atoms with Crippen LogP contribution in [-0.2, 0) is 12.7 Å². The van der Waals surface area contributed by atoms with E-state index in [2.05, 4.69) is 19.9 Å². The summed E-state index contributed by atoms with van der Waals surface area (Å²) in [5, 5.41) is 14.1. The molecular formula is C20H21F3N4O. The van der Waals surface area contributed by atoms with E-state index in [4.69, 9.17) is 0 Å². The van der Waals surface area contributed by atoms with Crippen molar-refractivity contribution in [3.05, 3.63) is 54.0 Å². The number of benzene rings is 1. The molecule has 28 heavy (non-hydrogen) atoms. The average molecular weight is 390 g/mol. The summed E-state index contributed by atoms with van der Waals surface area (Å²) < 4.78 is 40.1. The number of halogens is 3. The number of aliphatic hydroxyl groups excluding tert-OH is 1. The first-order chi connectivity index (χ1) is 13.3. The fourth-order valence-corrected chi connectivity index (χ4v) is 3.82. The lowest BCUT2D eigenvalue weighted by Gasteiger charge is -2.13. The second-order valence-corrected chi connectivity index (χ2v) is 7.40. The summed E-state index contributed by atoms with van der Waals surface area (Å²) in [4.78, 5) is 8.68. The Morgan fingerprint density at radius 1 is 1.14 bits per heavy atom. The van der Waals surface area contributed by atoms with E-state index in [1.807, 2.05) is 19.2 Å². The molecule has 1 saturated carbocycles. The van der Waals surface area contributed by atoms with Crippen molar-refractivity contribution in [2.75, 3.05) is 5.32 Å². The van der Waals surface area contributed by atoms with Crippen LogP contribution in [0.3, 0.4) is 0 Å². The van der Waals surface area contributed by atoms with Crippen LogP contribution in [0.2, 0.25) is 0 Å². The Morgan fingerprint density at radius 2 is 1.89 bits per heavy atom. The molecule has 0 aliphatic heterocycles. The number of aliphatic hydroxyl groups is 1. The first kappa shape index (κ1) is 18.7. The van der Waals surface area contributed by atoms with Gasteiger partial charge in [0, 0.05) is 18.8 Å². The van der Waals surface area contributed by atoms with Gasteiger partial charge in [0.25, 0.3) is 0 Å². The molecule has 0 radical (unpaired) electrons. The normalized spacial score (nSPS) is 22.7. The topological polar surface area (TPSA) is 63.0 Å². The Morgan fingerprint density at radius 3 is 2.54 bits per heavy atom. The smallest absolute Gasteiger partial charge is 0.393 e. The fraction of sp³-hybridized carbons (Fsp3) is 0.400. The van der Waals surface area contributed by atoms with Crippen LogP contribution in [0.5, 0.6) is 0 Å². The maximum Gasteiger partial charge on any atom is 0.416 e. The van der Waals surface area contributed by atoms with E-state index >= 15 is 0 Å². The van der Waals surface area contributed by atoms with Crippen molar-refractivity contribution in [3.63, 3.8) is 0 Å². The predicted octanol–water partition coefficient (Wildman–Crippen LogP) is 4.39. The van der Waals surface area contributed by atoms with Gasteiger partial charge in [-0.05, 0) is 42.5 Å². The Balaban J connectivity index is 1.52. The van der Waals surface area contributed by atoms with Gasteiger partial charge in [0.2, 0.25) is 0 Å². The van der Waals surface area contributed by atoms with Crippen LogP contribution in [-0.4, -0.2) is 25.7 Å². The lowest BCUT2D eigenvalue weighted by atomic mass is 10.1. The van der Waals surface area contributed by atoms with E-state index in [1.165, 1.54) is 18.5 Å². The number of anilines is 1. The average Bonchev–Trinajstić information content (AvgIpc) is 3.23. The van der Waals surface area contributed by atoms with Gasteiger partial charge >= 0.3 is 6.18 Å². The van der Waals surface area contributed by atoms with Gasteiger partial charge in [0.1, 0.15) is 17.8 Å². The largest absolute Gasteiger partial charge is 0.416 e. The lowest BCUT2D eigenvalue weighted by Crippen LogP contribution is -2.09. The minimum atomic E-state index is -4.33. The van der Waals surface area contributed by atoms with Crippen LogP contribution >= 0.6 is 0 Å². The summed E-state index contributed by atoms with van der Waals surface area (Å²) in [6, 6.07) is 7.20. The molecule has 1 aromatic carbocycles. The highest BCUT2D eigenvalue weighted by Crippen LogP contribution is 2.37. The van der Waals surface area contributed by atoms with Crippen molar-refractivity contribution in [3.8, 4) is 0 Å². The molecule has 0 bridgehead atoms. The highest BCUT2D eigenvalue weighted by Gasteiger charge is 2.32. The Kier molecular flexibility index (Phi) is 4.74. The standard InChI is InChI=1S/C20H21F3N4O/c1-12-8-15(9-17(12)28)27-7-6-16-18(25-11-26-19(16)27)24-10-13-2-4-14(5-3-13)20(21,22)23/h2-7,11-12,15,17,28H,8-10H2,1H3,(H,24,25,26)/t12-,15+,17-/m0/s1. The second-order valence-electron chi connectivity index (χ2n) is 7.40. The lowest BCUT2D eigenvalue weighted by molar-refractivity contribution is -0.137. The molecule has 4 rings (SSSR count). The molecule has 3 aromatic rings. The van der Waals surface area contributed by atoms with Crippen molar-refractivity contribution in [2.24, 2.45) is 5.92 Å². The zero-order valence-corrected chi connectivity index (χ0v) is 15.3. The van der Waals surface area contributed by atoms with Crippen LogP contribution in [0.4, 0.5) is 19.0 Å². The summed E-state index contributed by atoms with van der Waals surface area (Å²) in [6.07, 6.45) is 0.383. The van der Waals surface area contributed by atoms with E-state index in [-0.39, 0.29) is 18.1 Å². The van der Waals surface area contributed by atoms with Crippen molar-refractivity contribution in [1.82, 2.24) is 14.5 Å². The molecule has 1 aliphatic carbocycles. The highest BCUT2D eigenvalue weighted by molar-refractivity contribution is 5.87. The summed E-state index contributed by atoms with van der Waals surface area (Å²) in [7, 11) is 0. The van der Waals surface area contributed by atoms with E-state index < -0.39 is 11.7 Å². The first-order valence-electron chi connectivity index (χ1n) is 9.22. The highest BCUT2D eigenvalue weighted by atomic mass is 19.4. The SMILES string of the molecule is C[C@H]1C[C@@H](n2ccc3c(NCc4ccc(C(F)(F)F)cc4)ncnc32)C[C@@H]1O. The number of fused-ring (bicyclic) bond motifs is 1. The molecule has 2 aromatic heterocycles. The minimum absolute atomic E-state index is 0.195. The van der Waals surface area contributed by atoms with Gasteiger partial charge in [-0.15, -0.1) is 0 Å². The number of nitrogens with one attached hydrogen (secondary N) is 1. The third kappa shape index (κ3) is 3.56. The molecule has 0 spiro atoms. The Labute approximate surface area is 160 Å². The zero-order chi connectivity index (χ0) is 19.9. The molecule has 0 saturated heterocycles. The van der Waals surface area contributed by atoms with Crippen molar-refractivity contribution in [1.29, 1.82) is 0 Å². The van der Waals surface area contributed by atoms with Crippen LogP contribution in [0, 0.1) is 5.92 Å². The maximum absolute atomic E-state index is 12.7. The van der Waals surface area contributed by atoms with Gasteiger partial charge in [-0.1, -0.05) is 19.1 Å². The number of hydrogen-bond donors (Lipinski definition) is 2. The molecule has 3 atom stereocenters. The summed E-state index contributed by atoms with van der Waals surface area (Å²) >= 11 is 0. The molecule has 1 aliphatic rings. The van der Waals surface area contributed by atoms with Gasteiger partial charge in [-0.3, -0.25) is 0 Å². The summed E-state index contributed by atoms with van der Waals surface area (Å²) in [6.45, 7) is 2.40. The molecule has 1 fully saturated rings. The molecule has 8 heteroatoms. The van der Waals surface area contributed by atoms with Crippen LogP contribution in [0.1, 0.15) is 36.9 Å². The predicted molar refractivity (Wildman–Crippen MR) is 99.7 cm³/mol. The van der Waals surface area contributed by atoms with Crippen molar-refractivity contribution >= 4 is 16.9 Å². The maximum atomic E-state index is 12.7. The van der Waals surface area contributed by atoms with Gasteiger partial charge in [-0.25, -0.2) is 9.97 Å².